The lowest BCUT2D eigenvalue weighted by molar-refractivity contribution is 0.0925. The lowest BCUT2D eigenvalue weighted by Crippen LogP contribution is -2.44. The quantitative estimate of drug-likeness (QED) is 0.529. The van der Waals surface area contributed by atoms with E-state index < -0.39 is 10.0 Å². The van der Waals surface area contributed by atoms with Crippen LogP contribution in [0.25, 0.3) is 0 Å². The van der Waals surface area contributed by atoms with Crippen LogP contribution in [0, 0.1) is 11.8 Å². The maximum atomic E-state index is 12.9. The van der Waals surface area contributed by atoms with Crippen molar-refractivity contribution in [2.45, 2.75) is 76.8 Å². The number of aromatic nitrogens is 1. The van der Waals surface area contributed by atoms with Gasteiger partial charge in [0.1, 0.15) is 5.76 Å². The zero-order valence-electron chi connectivity index (χ0n) is 19.8. The van der Waals surface area contributed by atoms with Crippen LogP contribution in [-0.4, -0.2) is 61.9 Å². The molecule has 2 atom stereocenters. The Labute approximate surface area is 197 Å². The normalized spacial score (nSPS) is 25.3. The van der Waals surface area contributed by atoms with Gasteiger partial charge in [-0.05, 0) is 69.9 Å². The molecule has 33 heavy (non-hydrogen) atoms. The average molecular weight is 479 g/mol. The Morgan fingerprint density at radius 2 is 1.85 bits per heavy atom. The van der Waals surface area contributed by atoms with E-state index in [4.69, 9.17) is 4.52 Å². The Hall–Kier alpha value is -1.71. The van der Waals surface area contributed by atoms with Gasteiger partial charge < -0.3 is 14.7 Å². The Bertz CT molecular complexity index is 930. The van der Waals surface area contributed by atoms with Gasteiger partial charge in [-0.3, -0.25) is 4.79 Å². The van der Waals surface area contributed by atoms with Crippen LogP contribution in [0.15, 0.2) is 22.7 Å². The van der Waals surface area contributed by atoms with Crippen molar-refractivity contribution < 1.29 is 17.7 Å². The van der Waals surface area contributed by atoms with Gasteiger partial charge in [0.15, 0.2) is 5.69 Å². The smallest absolute Gasteiger partial charge is 0.273 e. The molecule has 1 aliphatic heterocycles. The Morgan fingerprint density at radius 3 is 2.52 bits per heavy atom. The van der Waals surface area contributed by atoms with Crippen molar-refractivity contribution in [1.82, 2.24) is 20.1 Å². The summed E-state index contributed by atoms with van der Waals surface area (Å²) in [6, 6.07) is 1.36. The van der Waals surface area contributed by atoms with Crippen LogP contribution in [0.5, 0.6) is 0 Å². The summed E-state index contributed by atoms with van der Waals surface area (Å²) in [7, 11) is -3.38. The highest BCUT2D eigenvalue weighted by Gasteiger charge is 2.30. The molecule has 1 saturated heterocycles. The first-order valence-electron chi connectivity index (χ1n) is 12.4. The maximum absolute atomic E-state index is 12.9. The van der Waals surface area contributed by atoms with E-state index in [0.29, 0.717) is 36.8 Å². The molecule has 2 N–H and O–H groups in total. The number of hydrogen-bond acceptors (Lipinski definition) is 6. The molecule has 2 aliphatic carbocycles. The molecule has 1 amide bonds. The highest BCUT2D eigenvalue weighted by atomic mass is 32.2. The molecule has 2 heterocycles. The molecule has 2 fully saturated rings. The van der Waals surface area contributed by atoms with Crippen LogP contribution < -0.4 is 10.0 Å². The van der Waals surface area contributed by atoms with Crippen molar-refractivity contribution in [3.8, 4) is 0 Å². The second kappa shape index (κ2) is 10.7. The molecule has 3 aliphatic rings. The van der Waals surface area contributed by atoms with Crippen molar-refractivity contribution in [3.05, 3.63) is 29.7 Å². The summed E-state index contributed by atoms with van der Waals surface area (Å²) < 4.78 is 34.0. The van der Waals surface area contributed by atoms with Gasteiger partial charge in [-0.25, -0.2) is 13.1 Å². The molecule has 0 bridgehead atoms. The third-order valence-electron chi connectivity index (χ3n) is 6.78. The number of carbonyl (C=O) groups is 1. The molecule has 4 rings (SSSR count). The number of piperidine rings is 1. The van der Waals surface area contributed by atoms with Gasteiger partial charge in [0.25, 0.3) is 5.91 Å². The Morgan fingerprint density at radius 1 is 1.15 bits per heavy atom. The molecule has 184 valence electrons. The molecule has 1 aromatic heterocycles. The molecular weight excluding hydrogens is 440 g/mol. The SMILES string of the molecule is CC(C)CN1CCC(CS(=O)(=O)N[C@H]2CC=CC[C@H](NC(=O)c3cc(C4CC4)on3)C2)CC1. The second-order valence-corrected chi connectivity index (χ2v) is 12.3. The van der Waals surface area contributed by atoms with E-state index in [9.17, 15) is 13.2 Å². The second-order valence-electron chi connectivity index (χ2n) is 10.5. The lowest BCUT2D eigenvalue weighted by Gasteiger charge is -2.33. The highest BCUT2D eigenvalue weighted by molar-refractivity contribution is 7.89. The van der Waals surface area contributed by atoms with Crippen LogP contribution in [-0.2, 0) is 10.0 Å². The minimum Gasteiger partial charge on any atom is -0.360 e. The number of rotatable bonds is 9. The standard InChI is InChI=1S/C24H38N4O4S/c1-17(2)15-28-11-9-18(10-12-28)16-33(30,31)27-21-6-4-3-5-20(13-21)25-24(29)22-14-23(32-26-22)19-7-8-19/h3-4,14,17-21,27H,5-13,15-16H2,1-2H3,(H,25,29)/t20-,21-/m0/s1. The van der Waals surface area contributed by atoms with Crippen molar-refractivity contribution in [2.75, 3.05) is 25.4 Å². The number of nitrogens with one attached hydrogen (secondary N) is 2. The van der Waals surface area contributed by atoms with Gasteiger partial charge in [-0.1, -0.05) is 31.2 Å². The van der Waals surface area contributed by atoms with Crippen LogP contribution in [0.1, 0.15) is 81.0 Å². The van der Waals surface area contributed by atoms with Crippen molar-refractivity contribution in [1.29, 1.82) is 0 Å². The summed E-state index contributed by atoms with van der Waals surface area (Å²) in [5.41, 5.74) is 0.297. The van der Waals surface area contributed by atoms with E-state index >= 15 is 0 Å². The van der Waals surface area contributed by atoms with Crippen LogP contribution >= 0.6 is 0 Å². The van der Waals surface area contributed by atoms with Gasteiger partial charge in [0.2, 0.25) is 10.0 Å². The zero-order valence-corrected chi connectivity index (χ0v) is 20.6. The fraction of sp³-hybridized carbons (Fsp3) is 0.750. The Balaban J connectivity index is 1.26. The van der Waals surface area contributed by atoms with E-state index in [2.05, 4.69) is 33.9 Å². The van der Waals surface area contributed by atoms with Crippen LogP contribution in [0.4, 0.5) is 0 Å². The summed E-state index contributed by atoms with van der Waals surface area (Å²) >= 11 is 0. The van der Waals surface area contributed by atoms with E-state index in [1.165, 1.54) is 0 Å². The van der Waals surface area contributed by atoms with Gasteiger partial charge in [-0.15, -0.1) is 0 Å². The average Bonchev–Trinajstić information content (AvgIpc) is 3.51. The third-order valence-corrected chi connectivity index (χ3v) is 8.39. The first-order chi connectivity index (χ1) is 15.8. The fourth-order valence-corrected chi connectivity index (χ4v) is 6.70. The Kier molecular flexibility index (Phi) is 7.91. The summed E-state index contributed by atoms with van der Waals surface area (Å²) in [5.74, 6) is 1.94. The maximum Gasteiger partial charge on any atom is 0.273 e. The third kappa shape index (κ3) is 7.39. The number of sulfonamides is 1. The van der Waals surface area contributed by atoms with E-state index in [1.54, 1.807) is 6.07 Å². The highest BCUT2D eigenvalue weighted by Crippen LogP contribution is 2.40. The summed E-state index contributed by atoms with van der Waals surface area (Å²) in [6.45, 7) is 7.46. The monoisotopic (exact) mass is 478 g/mol. The first kappa shape index (κ1) is 24.4. The minimum absolute atomic E-state index is 0.149. The molecule has 9 heteroatoms. The number of amides is 1. The van der Waals surface area contributed by atoms with E-state index in [1.807, 2.05) is 12.2 Å². The molecule has 1 saturated carbocycles. The molecule has 0 unspecified atom stereocenters. The van der Waals surface area contributed by atoms with Crippen molar-refractivity contribution in [3.63, 3.8) is 0 Å². The largest absolute Gasteiger partial charge is 0.360 e. The van der Waals surface area contributed by atoms with Crippen molar-refractivity contribution >= 4 is 15.9 Å². The first-order valence-corrected chi connectivity index (χ1v) is 14.1. The zero-order chi connectivity index (χ0) is 23.4. The topological polar surface area (TPSA) is 105 Å². The minimum atomic E-state index is -3.38. The van der Waals surface area contributed by atoms with Crippen LogP contribution in [0.2, 0.25) is 0 Å². The van der Waals surface area contributed by atoms with Crippen LogP contribution in [0.3, 0.4) is 0 Å². The predicted octanol–water partition coefficient (Wildman–Crippen LogP) is 3.05. The summed E-state index contributed by atoms with van der Waals surface area (Å²) in [5, 5.41) is 6.92. The van der Waals surface area contributed by atoms with Crippen molar-refractivity contribution in [2.24, 2.45) is 11.8 Å². The molecule has 0 spiro atoms. The molecular formula is C24H38N4O4S. The molecule has 0 aromatic carbocycles. The number of nitrogens with zero attached hydrogens (tertiary/aromatic N) is 2. The number of carbonyl (C=O) groups excluding carboxylic acids is 1. The predicted molar refractivity (Wildman–Crippen MR) is 127 cm³/mol. The summed E-state index contributed by atoms with van der Waals surface area (Å²) in [4.78, 5) is 15.1. The van der Waals surface area contributed by atoms with E-state index in [0.717, 1.165) is 51.1 Å². The fourth-order valence-electron chi connectivity index (χ4n) is 4.95. The van der Waals surface area contributed by atoms with Gasteiger partial charge in [0, 0.05) is 30.6 Å². The van der Waals surface area contributed by atoms with Gasteiger partial charge in [0.05, 0.1) is 5.75 Å². The molecule has 0 radical (unpaired) electrons. The van der Waals surface area contributed by atoms with E-state index in [-0.39, 0.29) is 29.7 Å². The number of hydrogen-bond donors (Lipinski definition) is 2. The lowest BCUT2D eigenvalue weighted by atomic mass is 9.98. The number of likely N-dealkylation sites (tertiary alicyclic amines) is 1. The van der Waals surface area contributed by atoms with Gasteiger partial charge >= 0.3 is 0 Å². The molecule has 1 aromatic rings. The van der Waals surface area contributed by atoms with Gasteiger partial charge in [-0.2, -0.15) is 0 Å². The summed E-state index contributed by atoms with van der Waals surface area (Å²) in [6.07, 6.45) is 9.91. The molecule has 8 nitrogen and oxygen atoms in total.